The number of hydrogen-bond donors (Lipinski definition) is 0. The van der Waals surface area contributed by atoms with Crippen LogP contribution in [-0.2, 0) is 22.5 Å². The van der Waals surface area contributed by atoms with E-state index in [0.717, 1.165) is 23.5 Å². The average Bonchev–Trinajstić information content (AvgIpc) is 3.07. The molecule has 29 heavy (non-hydrogen) atoms. The van der Waals surface area contributed by atoms with E-state index in [-0.39, 0.29) is 37.4 Å². The number of rotatable bonds is 8. The molecule has 7 nitrogen and oxygen atoms in total. The normalized spacial score (nSPS) is 13.3. The molecule has 2 amide bonds. The number of hydrogen-bond acceptors (Lipinski definition) is 5. The van der Waals surface area contributed by atoms with Gasteiger partial charge in [-0.05, 0) is 38.3 Å². The van der Waals surface area contributed by atoms with Gasteiger partial charge in [0.2, 0.25) is 0 Å². The van der Waals surface area contributed by atoms with Crippen LogP contribution in [0.2, 0.25) is 0 Å². The van der Waals surface area contributed by atoms with E-state index < -0.39 is 0 Å². The lowest BCUT2D eigenvalue weighted by atomic mass is 10.1. The summed E-state index contributed by atoms with van der Waals surface area (Å²) < 4.78 is 7.26. The van der Waals surface area contributed by atoms with Crippen molar-refractivity contribution >= 4 is 17.8 Å². The van der Waals surface area contributed by atoms with Gasteiger partial charge in [-0.15, -0.1) is 0 Å². The van der Waals surface area contributed by atoms with E-state index >= 15 is 0 Å². The molecule has 0 spiro atoms. The van der Waals surface area contributed by atoms with Gasteiger partial charge in [0, 0.05) is 24.3 Å². The van der Waals surface area contributed by atoms with Crippen LogP contribution in [0.25, 0.3) is 0 Å². The molecule has 0 saturated carbocycles. The van der Waals surface area contributed by atoms with Crippen molar-refractivity contribution in [1.29, 1.82) is 0 Å². The van der Waals surface area contributed by atoms with Gasteiger partial charge in [0.25, 0.3) is 11.8 Å². The molecule has 0 bridgehead atoms. The van der Waals surface area contributed by atoms with Crippen LogP contribution in [0.3, 0.4) is 0 Å². The van der Waals surface area contributed by atoms with Crippen molar-refractivity contribution in [3.63, 3.8) is 0 Å². The summed E-state index contributed by atoms with van der Waals surface area (Å²) in [5.41, 5.74) is 3.58. The zero-order chi connectivity index (χ0) is 21.1. The van der Waals surface area contributed by atoms with Crippen molar-refractivity contribution in [2.75, 3.05) is 13.2 Å². The molecule has 3 rings (SSSR count). The third kappa shape index (κ3) is 4.39. The van der Waals surface area contributed by atoms with E-state index in [1.807, 2.05) is 18.5 Å². The Morgan fingerprint density at radius 1 is 1.10 bits per heavy atom. The Morgan fingerprint density at radius 2 is 1.72 bits per heavy atom. The lowest BCUT2D eigenvalue weighted by Crippen LogP contribution is -2.31. The van der Waals surface area contributed by atoms with Gasteiger partial charge < -0.3 is 4.74 Å². The molecule has 1 aromatic carbocycles. The minimum Gasteiger partial charge on any atom is -0.465 e. The lowest BCUT2D eigenvalue weighted by molar-refractivity contribution is -0.142. The zero-order valence-corrected chi connectivity index (χ0v) is 17.4. The number of aryl methyl sites for hydroxylation is 1. The van der Waals surface area contributed by atoms with Crippen LogP contribution < -0.4 is 0 Å². The number of carbonyl (C=O) groups excluding carboxylic acids is 3. The number of nitrogens with zero attached hydrogens (tertiary/aromatic N) is 3. The molecule has 154 valence electrons. The highest BCUT2D eigenvalue weighted by Crippen LogP contribution is 2.22. The van der Waals surface area contributed by atoms with Gasteiger partial charge in [0.05, 0.1) is 29.8 Å². The number of ether oxygens (including phenoxy) is 1. The fraction of sp³-hybridized carbons (Fsp3) is 0.455. The number of esters is 1. The van der Waals surface area contributed by atoms with Crippen molar-refractivity contribution in [2.24, 2.45) is 5.92 Å². The van der Waals surface area contributed by atoms with E-state index in [1.54, 1.807) is 24.3 Å². The monoisotopic (exact) mass is 397 g/mol. The van der Waals surface area contributed by atoms with Gasteiger partial charge in [-0.25, -0.2) is 0 Å². The number of fused-ring (bicyclic) bond motifs is 1. The predicted molar refractivity (Wildman–Crippen MR) is 108 cm³/mol. The first-order chi connectivity index (χ1) is 13.8. The average molecular weight is 397 g/mol. The maximum atomic E-state index is 12.3. The Bertz CT molecular complexity index is 911. The third-order valence-corrected chi connectivity index (χ3v) is 5.06. The van der Waals surface area contributed by atoms with Crippen molar-refractivity contribution in [3.8, 4) is 0 Å². The van der Waals surface area contributed by atoms with Crippen LogP contribution >= 0.6 is 0 Å². The highest BCUT2D eigenvalue weighted by Gasteiger charge is 2.34. The second kappa shape index (κ2) is 8.59. The highest BCUT2D eigenvalue weighted by atomic mass is 16.5. The molecule has 0 saturated heterocycles. The van der Waals surface area contributed by atoms with Crippen molar-refractivity contribution in [2.45, 2.75) is 47.1 Å². The Balaban J connectivity index is 1.49. The quantitative estimate of drug-likeness (QED) is 0.389. The van der Waals surface area contributed by atoms with Crippen LogP contribution in [0.1, 0.15) is 57.9 Å². The maximum absolute atomic E-state index is 12.3. The minimum absolute atomic E-state index is 0.157. The number of amides is 2. The van der Waals surface area contributed by atoms with Gasteiger partial charge in [-0.1, -0.05) is 26.0 Å². The molecule has 1 aromatic heterocycles. The minimum atomic E-state index is -0.331. The Morgan fingerprint density at radius 3 is 2.31 bits per heavy atom. The van der Waals surface area contributed by atoms with E-state index in [4.69, 9.17) is 4.74 Å². The fourth-order valence-electron chi connectivity index (χ4n) is 3.56. The fourth-order valence-corrected chi connectivity index (χ4v) is 3.56. The van der Waals surface area contributed by atoms with Crippen molar-refractivity contribution < 1.29 is 19.1 Å². The molecule has 0 unspecified atom stereocenters. The van der Waals surface area contributed by atoms with Crippen LogP contribution in [0.4, 0.5) is 0 Å². The first kappa shape index (κ1) is 20.8. The lowest BCUT2D eigenvalue weighted by Gasteiger charge is -2.13. The summed E-state index contributed by atoms with van der Waals surface area (Å²) in [7, 11) is 0. The standard InChI is InChI=1S/C22H27N3O4/c1-14(2)13-25-16(4)19(15(3)23-25)12-20(26)29-11-7-10-24-21(27)17-8-5-6-9-18(17)22(24)28/h5-6,8-9,14H,7,10-13H2,1-4H3. The summed E-state index contributed by atoms with van der Waals surface area (Å²) >= 11 is 0. The summed E-state index contributed by atoms with van der Waals surface area (Å²) in [4.78, 5) is 38.1. The molecule has 0 atom stereocenters. The van der Waals surface area contributed by atoms with E-state index in [1.165, 1.54) is 4.90 Å². The molecule has 2 aromatic rings. The van der Waals surface area contributed by atoms with E-state index in [0.29, 0.717) is 23.5 Å². The zero-order valence-electron chi connectivity index (χ0n) is 17.4. The SMILES string of the molecule is Cc1nn(CC(C)C)c(C)c1CC(=O)OCCCN1C(=O)c2ccccc2C1=O. The van der Waals surface area contributed by atoms with Crippen LogP contribution in [0.5, 0.6) is 0 Å². The molecule has 1 aliphatic heterocycles. The maximum Gasteiger partial charge on any atom is 0.310 e. The number of carbonyl (C=O) groups is 3. The van der Waals surface area contributed by atoms with Gasteiger partial charge >= 0.3 is 5.97 Å². The van der Waals surface area contributed by atoms with Crippen LogP contribution in [-0.4, -0.2) is 45.6 Å². The summed E-state index contributed by atoms with van der Waals surface area (Å²) in [5, 5.41) is 4.52. The number of imide groups is 1. The molecule has 0 fully saturated rings. The third-order valence-electron chi connectivity index (χ3n) is 5.06. The second-order valence-corrected chi connectivity index (χ2v) is 7.78. The second-order valence-electron chi connectivity index (χ2n) is 7.78. The molecule has 0 radical (unpaired) electrons. The van der Waals surface area contributed by atoms with Crippen LogP contribution in [0.15, 0.2) is 24.3 Å². The topological polar surface area (TPSA) is 81.5 Å². The summed E-state index contributed by atoms with van der Waals surface area (Å²) in [6.07, 6.45) is 0.574. The first-order valence-electron chi connectivity index (χ1n) is 9.93. The molecule has 0 N–H and O–H groups in total. The van der Waals surface area contributed by atoms with Crippen LogP contribution in [0, 0.1) is 19.8 Å². The Kier molecular flexibility index (Phi) is 6.15. The molecular formula is C22H27N3O4. The summed E-state index contributed by atoms with van der Waals surface area (Å²) in [5.74, 6) is -0.445. The van der Waals surface area contributed by atoms with Gasteiger partial charge in [-0.3, -0.25) is 24.0 Å². The van der Waals surface area contributed by atoms with Gasteiger partial charge in [0.15, 0.2) is 0 Å². The summed E-state index contributed by atoms with van der Waals surface area (Å²) in [6, 6.07) is 6.78. The predicted octanol–water partition coefficient (Wildman–Crippen LogP) is 2.93. The number of aromatic nitrogens is 2. The highest BCUT2D eigenvalue weighted by molar-refractivity contribution is 6.21. The van der Waals surface area contributed by atoms with E-state index in [9.17, 15) is 14.4 Å². The summed E-state index contributed by atoms with van der Waals surface area (Å²) in [6.45, 7) is 9.30. The van der Waals surface area contributed by atoms with Crippen molar-refractivity contribution in [1.82, 2.24) is 14.7 Å². The van der Waals surface area contributed by atoms with Gasteiger partial charge in [-0.2, -0.15) is 5.10 Å². The molecule has 1 aliphatic rings. The Hall–Kier alpha value is -2.96. The smallest absolute Gasteiger partial charge is 0.310 e. The Labute approximate surface area is 170 Å². The van der Waals surface area contributed by atoms with Gasteiger partial charge in [0.1, 0.15) is 0 Å². The largest absolute Gasteiger partial charge is 0.465 e. The molecule has 0 aliphatic carbocycles. The first-order valence-corrected chi connectivity index (χ1v) is 9.93. The number of benzene rings is 1. The van der Waals surface area contributed by atoms with E-state index in [2.05, 4.69) is 18.9 Å². The molecule has 2 heterocycles. The van der Waals surface area contributed by atoms with Crippen molar-refractivity contribution in [3.05, 3.63) is 52.3 Å². The molecular weight excluding hydrogens is 370 g/mol. The molecule has 7 heteroatoms.